The number of fused-ring (bicyclic) bond motifs is 1. The van der Waals surface area contributed by atoms with Crippen molar-refractivity contribution in [2.75, 3.05) is 6.54 Å². The van der Waals surface area contributed by atoms with Crippen LogP contribution in [0.5, 0.6) is 0 Å². The van der Waals surface area contributed by atoms with Gasteiger partial charge >= 0.3 is 0 Å². The lowest BCUT2D eigenvalue weighted by molar-refractivity contribution is 0.196. The van der Waals surface area contributed by atoms with Crippen molar-refractivity contribution in [3.8, 4) is 0 Å². The molecule has 0 spiro atoms. The molecule has 0 radical (unpaired) electrons. The van der Waals surface area contributed by atoms with E-state index in [0.29, 0.717) is 0 Å². The van der Waals surface area contributed by atoms with Crippen LogP contribution >= 0.6 is 11.3 Å². The van der Waals surface area contributed by atoms with Crippen LogP contribution in [0.15, 0.2) is 30.7 Å². The van der Waals surface area contributed by atoms with E-state index in [0.717, 1.165) is 40.9 Å². The molecule has 22 heavy (non-hydrogen) atoms. The van der Waals surface area contributed by atoms with Crippen molar-refractivity contribution in [2.24, 2.45) is 0 Å². The predicted octanol–water partition coefficient (Wildman–Crippen LogP) is 2.11. The third kappa shape index (κ3) is 2.42. The first kappa shape index (κ1) is 13.5. The first-order chi connectivity index (χ1) is 10.8. The van der Waals surface area contributed by atoms with E-state index in [9.17, 15) is 0 Å². The number of nitrogens with one attached hydrogen (secondary N) is 1. The second-order valence-electron chi connectivity index (χ2n) is 5.36. The minimum atomic E-state index is 0.0698. The molecule has 4 rings (SSSR count). The zero-order valence-corrected chi connectivity index (χ0v) is 13.0. The number of hydrogen-bond donors (Lipinski definition) is 1. The fraction of sp³-hybridized carbons (Fsp3) is 0.333. The van der Waals surface area contributed by atoms with Gasteiger partial charge in [0.25, 0.3) is 0 Å². The maximum Gasteiger partial charge on any atom is 0.131 e. The molecular formula is C15H16N6S. The fourth-order valence-electron chi connectivity index (χ4n) is 2.94. The van der Waals surface area contributed by atoms with Crippen molar-refractivity contribution in [1.29, 1.82) is 0 Å². The average Bonchev–Trinajstić information content (AvgIpc) is 3.17. The molecule has 0 unspecified atom stereocenters. The van der Waals surface area contributed by atoms with Crippen molar-refractivity contribution in [3.05, 3.63) is 57.8 Å². The average molecular weight is 312 g/mol. The zero-order chi connectivity index (χ0) is 14.9. The van der Waals surface area contributed by atoms with E-state index in [1.165, 1.54) is 5.69 Å². The third-order valence-electron chi connectivity index (χ3n) is 3.90. The highest BCUT2D eigenvalue weighted by Gasteiger charge is 2.32. The maximum absolute atomic E-state index is 4.55. The molecule has 1 aliphatic rings. The highest BCUT2D eigenvalue weighted by atomic mass is 32.1. The Morgan fingerprint density at radius 2 is 2.27 bits per heavy atom. The number of pyridine rings is 1. The van der Waals surface area contributed by atoms with Crippen LogP contribution in [-0.4, -0.2) is 36.6 Å². The molecule has 0 saturated carbocycles. The first-order valence-corrected chi connectivity index (χ1v) is 8.09. The van der Waals surface area contributed by atoms with Crippen LogP contribution in [0.3, 0.4) is 0 Å². The standard InChI is InChI=1S/C15H16N6S/c1-10-19-20-13(22-10)8-21-7-5-11-14(18-9-17-11)15(21)12-4-2-3-6-16-12/h2-4,6,9,15H,5,7-8H2,1H3,(H,17,18)/t15-/m0/s1. The minimum absolute atomic E-state index is 0.0698. The van der Waals surface area contributed by atoms with Crippen LogP contribution < -0.4 is 0 Å². The third-order valence-corrected chi connectivity index (χ3v) is 4.72. The van der Waals surface area contributed by atoms with E-state index in [-0.39, 0.29) is 6.04 Å². The van der Waals surface area contributed by atoms with Gasteiger partial charge in [0.2, 0.25) is 0 Å². The van der Waals surface area contributed by atoms with Gasteiger partial charge in [0.1, 0.15) is 10.0 Å². The van der Waals surface area contributed by atoms with Gasteiger partial charge in [-0.05, 0) is 19.1 Å². The molecule has 3 aromatic rings. The fourth-order valence-corrected chi connectivity index (χ4v) is 3.67. The molecule has 1 atom stereocenters. The van der Waals surface area contributed by atoms with E-state index in [4.69, 9.17) is 0 Å². The molecule has 0 aromatic carbocycles. The lowest BCUT2D eigenvalue weighted by Gasteiger charge is -2.33. The summed E-state index contributed by atoms with van der Waals surface area (Å²) in [5.74, 6) is 0. The smallest absolute Gasteiger partial charge is 0.131 e. The zero-order valence-electron chi connectivity index (χ0n) is 12.2. The minimum Gasteiger partial charge on any atom is -0.348 e. The molecule has 7 heteroatoms. The van der Waals surface area contributed by atoms with Crippen LogP contribution in [0, 0.1) is 6.92 Å². The second kappa shape index (κ2) is 5.58. The molecule has 1 aliphatic heterocycles. The van der Waals surface area contributed by atoms with E-state index in [2.05, 4.69) is 36.1 Å². The summed E-state index contributed by atoms with van der Waals surface area (Å²) in [4.78, 5) is 14.7. The summed E-state index contributed by atoms with van der Waals surface area (Å²) in [5, 5.41) is 10.4. The van der Waals surface area contributed by atoms with Crippen molar-refractivity contribution in [3.63, 3.8) is 0 Å². The number of imidazole rings is 1. The van der Waals surface area contributed by atoms with Crippen LogP contribution in [0.4, 0.5) is 0 Å². The maximum atomic E-state index is 4.55. The van der Waals surface area contributed by atoms with E-state index < -0.39 is 0 Å². The summed E-state index contributed by atoms with van der Waals surface area (Å²) < 4.78 is 0. The lowest BCUT2D eigenvalue weighted by atomic mass is 9.99. The first-order valence-electron chi connectivity index (χ1n) is 7.27. The number of aryl methyl sites for hydroxylation is 1. The van der Waals surface area contributed by atoms with Crippen molar-refractivity contribution >= 4 is 11.3 Å². The summed E-state index contributed by atoms with van der Waals surface area (Å²) in [6, 6.07) is 6.10. The Hall–Kier alpha value is -2.12. The molecule has 0 aliphatic carbocycles. The number of aromatic nitrogens is 5. The molecule has 0 fully saturated rings. The van der Waals surface area contributed by atoms with E-state index >= 15 is 0 Å². The number of aromatic amines is 1. The molecule has 0 bridgehead atoms. The van der Waals surface area contributed by atoms with E-state index in [1.54, 1.807) is 17.7 Å². The number of nitrogens with zero attached hydrogens (tertiary/aromatic N) is 5. The van der Waals surface area contributed by atoms with Crippen LogP contribution in [0.25, 0.3) is 0 Å². The van der Waals surface area contributed by atoms with Crippen LogP contribution in [-0.2, 0) is 13.0 Å². The summed E-state index contributed by atoms with van der Waals surface area (Å²) in [6.45, 7) is 3.72. The number of rotatable bonds is 3. The Morgan fingerprint density at radius 3 is 3.05 bits per heavy atom. The van der Waals surface area contributed by atoms with Crippen molar-refractivity contribution < 1.29 is 0 Å². The van der Waals surface area contributed by atoms with Gasteiger partial charge in [-0.3, -0.25) is 9.88 Å². The monoisotopic (exact) mass is 312 g/mol. The Morgan fingerprint density at radius 1 is 1.32 bits per heavy atom. The Bertz CT molecular complexity index is 765. The number of hydrogen-bond acceptors (Lipinski definition) is 6. The topological polar surface area (TPSA) is 70.6 Å². The molecule has 112 valence electrons. The molecular weight excluding hydrogens is 296 g/mol. The SMILES string of the molecule is Cc1nnc(CN2CCc3[nH]cnc3[C@@H]2c2ccccn2)s1. The summed E-state index contributed by atoms with van der Waals surface area (Å²) in [6.07, 6.45) is 4.58. The Kier molecular flexibility index (Phi) is 3.44. The highest BCUT2D eigenvalue weighted by molar-refractivity contribution is 7.11. The van der Waals surface area contributed by atoms with Gasteiger partial charge in [-0.2, -0.15) is 0 Å². The predicted molar refractivity (Wildman–Crippen MR) is 83.4 cm³/mol. The van der Waals surface area contributed by atoms with Crippen LogP contribution in [0.2, 0.25) is 0 Å². The van der Waals surface area contributed by atoms with Gasteiger partial charge in [0.05, 0.1) is 30.3 Å². The van der Waals surface area contributed by atoms with Gasteiger partial charge in [-0.15, -0.1) is 21.5 Å². The Balaban J connectivity index is 1.71. The van der Waals surface area contributed by atoms with Gasteiger partial charge < -0.3 is 4.98 Å². The molecule has 1 N–H and O–H groups in total. The molecule has 0 saturated heterocycles. The van der Waals surface area contributed by atoms with Crippen molar-refractivity contribution in [1.82, 2.24) is 30.0 Å². The van der Waals surface area contributed by atoms with E-state index in [1.807, 2.05) is 25.3 Å². The quantitative estimate of drug-likeness (QED) is 0.802. The largest absolute Gasteiger partial charge is 0.348 e. The number of H-pyrrole nitrogens is 1. The normalized spacial score (nSPS) is 18.3. The second-order valence-corrected chi connectivity index (χ2v) is 6.62. The van der Waals surface area contributed by atoms with Gasteiger partial charge in [0, 0.05) is 24.9 Å². The summed E-state index contributed by atoms with van der Waals surface area (Å²) in [5.41, 5.74) is 3.31. The Labute approximate surface area is 132 Å². The van der Waals surface area contributed by atoms with Crippen molar-refractivity contribution in [2.45, 2.75) is 25.9 Å². The molecule has 4 heterocycles. The molecule has 6 nitrogen and oxygen atoms in total. The molecule has 0 amide bonds. The summed E-state index contributed by atoms with van der Waals surface area (Å²) >= 11 is 1.65. The van der Waals surface area contributed by atoms with Gasteiger partial charge in [-0.25, -0.2) is 4.98 Å². The van der Waals surface area contributed by atoms with Gasteiger partial charge in [0.15, 0.2) is 0 Å². The summed E-state index contributed by atoms with van der Waals surface area (Å²) in [7, 11) is 0. The molecule has 3 aromatic heterocycles. The van der Waals surface area contributed by atoms with Crippen LogP contribution in [0.1, 0.15) is 33.1 Å². The van der Waals surface area contributed by atoms with Gasteiger partial charge in [-0.1, -0.05) is 6.07 Å². The lowest BCUT2D eigenvalue weighted by Crippen LogP contribution is -2.36. The highest BCUT2D eigenvalue weighted by Crippen LogP contribution is 2.33.